The van der Waals surface area contributed by atoms with E-state index in [1.807, 2.05) is 23.1 Å². The molecular formula is C18H21N5O2. The van der Waals surface area contributed by atoms with E-state index in [4.69, 9.17) is 4.74 Å². The van der Waals surface area contributed by atoms with Crippen molar-refractivity contribution in [2.24, 2.45) is 5.41 Å². The summed E-state index contributed by atoms with van der Waals surface area (Å²) in [5, 5.41) is 0. The van der Waals surface area contributed by atoms with Crippen LogP contribution in [-0.4, -0.2) is 65.2 Å². The number of hydrogen-bond acceptors (Lipinski definition) is 6. The first-order valence-electron chi connectivity index (χ1n) is 8.56. The number of rotatable bonds is 2. The highest BCUT2D eigenvalue weighted by atomic mass is 16.5. The SMILES string of the molecule is O=C(c1ccccn1)N1CCOCC2(CCN(c3ncccn3)C2)C1. The van der Waals surface area contributed by atoms with Gasteiger partial charge < -0.3 is 14.5 Å². The van der Waals surface area contributed by atoms with Crippen molar-refractivity contribution in [3.8, 4) is 0 Å². The van der Waals surface area contributed by atoms with E-state index in [-0.39, 0.29) is 11.3 Å². The van der Waals surface area contributed by atoms with Crippen molar-refractivity contribution in [3.05, 3.63) is 48.5 Å². The lowest BCUT2D eigenvalue weighted by atomic mass is 9.87. The number of nitrogens with zero attached hydrogens (tertiary/aromatic N) is 5. The smallest absolute Gasteiger partial charge is 0.272 e. The van der Waals surface area contributed by atoms with Crippen molar-refractivity contribution in [2.75, 3.05) is 44.3 Å². The zero-order valence-corrected chi connectivity index (χ0v) is 14.0. The molecule has 0 aromatic carbocycles. The molecule has 130 valence electrons. The van der Waals surface area contributed by atoms with Gasteiger partial charge in [-0.2, -0.15) is 0 Å². The molecule has 0 saturated carbocycles. The molecule has 0 N–H and O–H groups in total. The zero-order valence-electron chi connectivity index (χ0n) is 14.0. The Bertz CT molecular complexity index is 727. The molecule has 2 fully saturated rings. The fourth-order valence-electron chi connectivity index (χ4n) is 3.62. The van der Waals surface area contributed by atoms with Crippen LogP contribution >= 0.6 is 0 Å². The van der Waals surface area contributed by atoms with Crippen LogP contribution in [0.2, 0.25) is 0 Å². The third-order valence-electron chi connectivity index (χ3n) is 4.88. The van der Waals surface area contributed by atoms with Crippen molar-refractivity contribution < 1.29 is 9.53 Å². The van der Waals surface area contributed by atoms with Gasteiger partial charge in [0, 0.05) is 50.2 Å². The molecule has 2 saturated heterocycles. The monoisotopic (exact) mass is 339 g/mol. The summed E-state index contributed by atoms with van der Waals surface area (Å²) in [6, 6.07) is 7.24. The predicted molar refractivity (Wildman–Crippen MR) is 92.3 cm³/mol. The molecule has 1 spiro atoms. The Morgan fingerprint density at radius 2 is 1.88 bits per heavy atom. The molecule has 7 nitrogen and oxygen atoms in total. The highest BCUT2D eigenvalue weighted by Crippen LogP contribution is 2.35. The Morgan fingerprint density at radius 3 is 2.68 bits per heavy atom. The van der Waals surface area contributed by atoms with Crippen LogP contribution in [0.25, 0.3) is 0 Å². The van der Waals surface area contributed by atoms with Crippen LogP contribution in [-0.2, 0) is 4.74 Å². The maximum atomic E-state index is 12.8. The molecule has 4 rings (SSSR count). The number of aromatic nitrogens is 3. The molecule has 2 aliphatic heterocycles. The Labute approximate surface area is 146 Å². The van der Waals surface area contributed by atoms with Crippen LogP contribution in [0.4, 0.5) is 5.95 Å². The molecular weight excluding hydrogens is 318 g/mol. The summed E-state index contributed by atoms with van der Waals surface area (Å²) in [7, 11) is 0. The fourth-order valence-corrected chi connectivity index (χ4v) is 3.62. The molecule has 0 aliphatic carbocycles. The van der Waals surface area contributed by atoms with Crippen LogP contribution in [0.15, 0.2) is 42.9 Å². The Hall–Kier alpha value is -2.54. The normalized spacial score (nSPS) is 23.7. The molecule has 4 heterocycles. The lowest BCUT2D eigenvalue weighted by Gasteiger charge is -2.31. The lowest BCUT2D eigenvalue weighted by Crippen LogP contribution is -2.43. The third-order valence-corrected chi connectivity index (χ3v) is 4.88. The van der Waals surface area contributed by atoms with Gasteiger partial charge in [0.2, 0.25) is 5.95 Å². The number of anilines is 1. The number of hydrogen-bond donors (Lipinski definition) is 0. The van der Waals surface area contributed by atoms with Crippen molar-refractivity contribution in [1.29, 1.82) is 0 Å². The van der Waals surface area contributed by atoms with Crippen LogP contribution in [0.5, 0.6) is 0 Å². The van der Waals surface area contributed by atoms with E-state index in [0.717, 1.165) is 25.5 Å². The van der Waals surface area contributed by atoms with Gasteiger partial charge in [-0.3, -0.25) is 9.78 Å². The van der Waals surface area contributed by atoms with Crippen molar-refractivity contribution in [2.45, 2.75) is 6.42 Å². The van der Waals surface area contributed by atoms with Gasteiger partial charge in [0.1, 0.15) is 5.69 Å². The number of amides is 1. The number of carbonyl (C=O) groups excluding carboxylic acids is 1. The maximum Gasteiger partial charge on any atom is 0.272 e. The Kier molecular flexibility index (Phi) is 4.31. The van der Waals surface area contributed by atoms with Gasteiger partial charge in [0.25, 0.3) is 5.91 Å². The zero-order chi connectivity index (χ0) is 17.1. The van der Waals surface area contributed by atoms with Gasteiger partial charge in [-0.15, -0.1) is 0 Å². The standard InChI is InChI=1S/C18H21N5O2/c24-16(15-4-1-2-6-19-15)22-10-11-25-14-18(12-22)5-9-23(13-18)17-20-7-3-8-21-17/h1-4,6-8H,5,9-14H2. The molecule has 1 amide bonds. The highest BCUT2D eigenvalue weighted by Gasteiger charge is 2.43. The van der Waals surface area contributed by atoms with Gasteiger partial charge in [0.05, 0.1) is 13.2 Å². The topological polar surface area (TPSA) is 71.5 Å². The average Bonchev–Trinajstić information content (AvgIpc) is 2.97. The van der Waals surface area contributed by atoms with E-state index in [0.29, 0.717) is 32.0 Å². The second-order valence-corrected chi connectivity index (χ2v) is 6.71. The molecule has 2 aromatic heterocycles. The van der Waals surface area contributed by atoms with E-state index in [9.17, 15) is 4.79 Å². The minimum atomic E-state index is -0.0832. The summed E-state index contributed by atoms with van der Waals surface area (Å²) in [5.41, 5.74) is 0.404. The lowest BCUT2D eigenvalue weighted by molar-refractivity contribution is 0.0686. The summed E-state index contributed by atoms with van der Waals surface area (Å²) in [6.45, 7) is 4.15. The van der Waals surface area contributed by atoms with Crippen LogP contribution in [0.1, 0.15) is 16.9 Å². The van der Waals surface area contributed by atoms with Gasteiger partial charge in [-0.1, -0.05) is 6.07 Å². The van der Waals surface area contributed by atoms with E-state index in [2.05, 4.69) is 19.9 Å². The predicted octanol–water partition coefficient (Wildman–Crippen LogP) is 1.24. The first-order valence-corrected chi connectivity index (χ1v) is 8.56. The first-order chi connectivity index (χ1) is 12.3. The minimum Gasteiger partial charge on any atom is -0.379 e. The van der Waals surface area contributed by atoms with Crippen molar-refractivity contribution in [1.82, 2.24) is 19.9 Å². The average molecular weight is 339 g/mol. The highest BCUT2D eigenvalue weighted by molar-refractivity contribution is 5.92. The van der Waals surface area contributed by atoms with Gasteiger partial charge >= 0.3 is 0 Å². The third kappa shape index (κ3) is 3.32. The van der Waals surface area contributed by atoms with Gasteiger partial charge in [-0.25, -0.2) is 9.97 Å². The first kappa shape index (κ1) is 16.0. The molecule has 25 heavy (non-hydrogen) atoms. The second kappa shape index (κ2) is 6.76. The molecule has 1 unspecified atom stereocenters. The van der Waals surface area contributed by atoms with E-state index in [1.54, 1.807) is 24.7 Å². The van der Waals surface area contributed by atoms with E-state index < -0.39 is 0 Å². The Balaban J connectivity index is 1.51. The largest absolute Gasteiger partial charge is 0.379 e. The second-order valence-electron chi connectivity index (χ2n) is 6.71. The summed E-state index contributed by atoms with van der Waals surface area (Å²) in [6.07, 6.45) is 6.13. The van der Waals surface area contributed by atoms with Crippen molar-refractivity contribution >= 4 is 11.9 Å². The van der Waals surface area contributed by atoms with Gasteiger partial charge in [0.15, 0.2) is 0 Å². The molecule has 1 atom stereocenters. The van der Waals surface area contributed by atoms with Crippen LogP contribution < -0.4 is 4.90 Å². The maximum absolute atomic E-state index is 12.8. The minimum absolute atomic E-state index is 0.0279. The number of ether oxygens (including phenoxy) is 1. The molecule has 2 aromatic rings. The molecule has 0 bridgehead atoms. The fraction of sp³-hybridized carbons (Fsp3) is 0.444. The number of pyridine rings is 1. The number of carbonyl (C=O) groups is 1. The molecule has 7 heteroatoms. The van der Waals surface area contributed by atoms with Crippen molar-refractivity contribution in [3.63, 3.8) is 0 Å². The molecule has 2 aliphatic rings. The summed E-state index contributed by atoms with van der Waals surface area (Å²) in [4.78, 5) is 29.8. The Morgan fingerprint density at radius 1 is 1.04 bits per heavy atom. The quantitative estimate of drug-likeness (QED) is 0.820. The molecule has 0 radical (unpaired) electrons. The van der Waals surface area contributed by atoms with Crippen LogP contribution in [0.3, 0.4) is 0 Å². The van der Waals surface area contributed by atoms with E-state index in [1.165, 1.54) is 0 Å². The summed E-state index contributed by atoms with van der Waals surface area (Å²) in [5.74, 6) is 0.714. The summed E-state index contributed by atoms with van der Waals surface area (Å²) >= 11 is 0. The van der Waals surface area contributed by atoms with Gasteiger partial charge in [-0.05, 0) is 24.6 Å². The summed E-state index contributed by atoms with van der Waals surface area (Å²) < 4.78 is 5.85. The van der Waals surface area contributed by atoms with Crippen LogP contribution in [0, 0.1) is 5.41 Å². The van der Waals surface area contributed by atoms with E-state index >= 15 is 0 Å².